The van der Waals surface area contributed by atoms with Crippen molar-refractivity contribution in [1.29, 1.82) is 0 Å². The van der Waals surface area contributed by atoms with Gasteiger partial charge in [0.2, 0.25) is 0 Å². The highest BCUT2D eigenvalue weighted by Gasteiger charge is 2.13. The van der Waals surface area contributed by atoms with Crippen LogP contribution in [0.15, 0.2) is 28.7 Å². The van der Waals surface area contributed by atoms with E-state index in [1.165, 1.54) is 0 Å². The van der Waals surface area contributed by atoms with Crippen molar-refractivity contribution in [3.63, 3.8) is 0 Å². The number of benzene rings is 1. The Labute approximate surface area is 98.2 Å². The van der Waals surface area contributed by atoms with Crippen LogP contribution in [-0.4, -0.2) is 31.6 Å². The summed E-state index contributed by atoms with van der Waals surface area (Å²) in [6.45, 7) is 0. The zero-order chi connectivity index (χ0) is 11.5. The summed E-state index contributed by atoms with van der Waals surface area (Å²) in [6, 6.07) is 7.45. The van der Waals surface area contributed by atoms with E-state index in [-0.39, 0.29) is 5.75 Å². The summed E-state index contributed by atoms with van der Waals surface area (Å²) in [5.41, 5.74) is 0.911. The predicted molar refractivity (Wildman–Crippen MR) is 63.6 cm³/mol. The van der Waals surface area contributed by atoms with Gasteiger partial charge in [0.1, 0.15) is 9.84 Å². The van der Waals surface area contributed by atoms with Crippen LogP contribution >= 0.6 is 15.9 Å². The van der Waals surface area contributed by atoms with Gasteiger partial charge in [-0.1, -0.05) is 34.1 Å². The molecule has 1 unspecified atom stereocenters. The monoisotopic (exact) mass is 292 g/mol. The fourth-order valence-corrected chi connectivity index (χ4v) is 2.59. The highest BCUT2D eigenvalue weighted by atomic mass is 79.9. The van der Waals surface area contributed by atoms with Crippen LogP contribution in [-0.2, 0) is 16.3 Å². The van der Waals surface area contributed by atoms with Gasteiger partial charge in [0, 0.05) is 17.1 Å². The minimum atomic E-state index is -3.12. The first-order valence-corrected chi connectivity index (χ1v) is 7.33. The Morgan fingerprint density at radius 2 is 2.00 bits per heavy atom. The number of hydrogen-bond acceptors (Lipinski definition) is 3. The van der Waals surface area contributed by atoms with Crippen molar-refractivity contribution < 1.29 is 13.5 Å². The number of sulfone groups is 1. The van der Waals surface area contributed by atoms with Gasteiger partial charge in [-0.25, -0.2) is 8.42 Å². The van der Waals surface area contributed by atoms with Gasteiger partial charge in [-0.3, -0.25) is 0 Å². The Morgan fingerprint density at radius 3 is 2.53 bits per heavy atom. The molecule has 0 amide bonds. The smallest absolute Gasteiger partial charge is 0.150 e. The maximum atomic E-state index is 10.9. The van der Waals surface area contributed by atoms with E-state index in [1.807, 2.05) is 24.3 Å². The third-order valence-electron chi connectivity index (χ3n) is 1.91. The van der Waals surface area contributed by atoms with Crippen molar-refractivity contribution in [2.75, 3.05) is 12.0 Å². The zero-order valence-electron chi connectivity index (χ0n) is 8.35. The van der Waals surface area contributed by atoms with Crippen LogP contribution in [0.4, 0.5) is 0 Å². The molecule has 0 saturated carbocycles. The maximum absolute atomic E-state index is 10.9. The van der Waals surface area contributed by atoms with E-state index in [2.05, 4.69) is 15.9 Å². The summed E-state index contributed by atoms with van der Waals surface area (Å²) >= 11 is 3.34. The molecule has 0 aromatic heterocycles. The Kier molecular flexibility index (Phi) is 4.31. The predicted octanol–water partition coefficient (Wildman–Crippen LogP) is 1.40. The molecular formula is C10H13BrO3S. The van der Waals surface area contributed by atoms with Gasteiger partial charge in [0.25, 0.3) is 0 Å². The molecule has 0 radical (unpaired) electrons. The largest absolute Gasteiger partial charge is 0.392 e. The topological polar surface area (TPSA) is 54.4 Å². The minimum Gasteiger partial charge on any atom is -0.392 e. The van der Waals surface area contributed by atoms with E-state index in [1.54, 1.807) is 0 Å². The lowest BCUT2D eigenvalue weighted by Crippen LogP contribution is -2.22. The molecule has 84 valence electrons. The summed E-state index contributed by atoms with van der Waals surface area (Å²) < 4.78 is 22.8. The van der Waals surface area contributed by atoms with Gasteiger partial charge in [0.15, 0.2) is 0 Å². The first-order valence-electron chi connectivity index (χ1n) is 4.47. The van der Waals surface area contributed by atoms with E-state index in [9.17, 15) is 13.5 Å². The lowest BCUT2D eigenvalue weighted by molar-refractivity contribution is 0.198. The lowest BCUT2D eigenvalue weighted by Gasteiger charge is -2.10. The molecule has 0 saturated heterocycles. The van der Waals surface area contributed by atoms with E-state index in [4.69, 9.17) is 0 Å². The highest BCUT2D eigenvalue weighted by Crippen LogP contribution is 2.17. The van der Waals surface area contributed by atoms with Crippen LogP contribution in [0.25, 0.3) is 0 Å². The van der Waals surface area contributed by atoms with E-state index >= 15 is 0 Å². The average Bonchev–Trinajstić information content (AvgIpc) is 2.05. The fraction of sp³-hybridized carbons (Fsp3) is 0.400. The van der Waals surface area contributed by atoms with Crippen LogP contribution in [0.3, 0.4) is 0 Å². The Bertz CT molecular complexity index is 428. The van der Waals surface area contributed by atoms with Gasteiger partial charge in [-0.05, 0) is 11.6 Å². The summed E-state index contributed by atoms with van der Waals surface area (Å²) in [5, 5.41) is 9.56. The Balaban J connectivity index is 2.67. The number of halogens is 1. The molecule has 15 heavy (non-hydrogen) atoms. The van der Waals surface area contributed by atoms with Crippen molar-refractivity contribution >= 4 is 25.8 Å². The van der Waals surface area contributed by atoms with E-state index < -0.39 is 15.9 Å². The summed E-state index contributed by atoms with van der Waals surface area (Å²) in [4.78, 5) is 0. The highest BCUT2D eigenvalue weighted by molar-refractivity contribution is 9.10. The van der Waals surface area contributed by atoms with Crippen molar-refractivity contribution in [1.82, 2.24) is 0 Å². The summed E-state index contributed by atoms with van der Waals surface area (Å²) in [5.74, 6) is -0.200. The molecule has 1 atom stereocenters. The van der Waals surface area contributed by atoms with Crippen molar-refractivity contribution in [2.45, 2.75) is 12.5 Å². The molecule has 1 rings (SSSR count). The van der Waals surface area contributed by atoms with Crippen LogP contribution in [0, 0.1) is 0 Å². The second kappa shape index (κ2) is 5.09. The molecule has 1 N–H and O–H groups in total. The van der Waals surface area contributed by atoms with E-state index in [0.717, 1.165) is 16.3 Å². The lowest BCUT2D eigenvalue weighted by atomic mass is 10.1. The molecule has 3 nitrogen and oxygen atoms in total. The fourth-order valence-electron chi connectivity index (χ4n) is 1.33. The van der Waals surface area contributed by atoms with Crippen LogP contribution in [0.5, 0.6) is 0 Å². The standard InChI is InChI=1S/C10H13BrO3S/c1-15(13,14)7-9(12)6-8-4-2-3-5-10(8)11/h2-5,9,12H,6-7H2,1H3. The minimum absolute atomic E-state index is 0.200. The molecule has 0 bridgehead atoms. The molecule has 0 aliphatic heterocycles. The number of hydrogen-bond donors (Lipinski definition) is 1. The molecule has 0 heterocycles. The van der Waals surface area contributed by atoms with Gasteiger partial charge in [-0.2, -0.15) is 0 Å². The van der Waals surface area contributed by atoms with Crippen molar-refractivity contribution in [3.05, 3.63) is 34.3 Å². The maximum Gasteiger partial charge on any atom is 0.150 e. The third-order valence-corrected chi connectivity index (χ3v) is 3.67. The van der Waals surface area contributed by atoms with Gasteiger partial charge < -0.3 is 5.11 Å². The molecule has 1 aromatic rings. The second-order valence-electron chi connectivity index (χ2n) is 3.54. The second-order valence-corrected chi connectivity index (χ2v) is 6.58. The molecule has 1 aromatic carbocycles. The first-order chi connectivity index (χ1) is 6.88. The van der Waals surface area contributed by atoms with Crippen LogP contribution < -0.4 is 0 Å². The summed E-state index contributed by atoms with van der Waals surface area (Å²) in [7, 11) is -3.12. The van der Waals surface area contributed by atoms with Gasteiger partial charge in [0.05, 0.1) is 11.9 Å². The summed E-state index contributed by atoms with van der Waals surface area (Å²) in [6.07, 6.45) is 0.615. The number of aliphatic hydroxyl groups is 1. The normalized spacial score (nSPS) is 13.8. The zero-order valence-corrected chi connectivity index (χ0v) is 10.8. The van der Waals surface area contributed by atoms with Crippen molar-refractivity contribution in [2.24, 2.45) is 0 Å². The van der Waals surface area contributed by atoms with Gasteiger partial charge >= 0.3 is 0 Å². The quantitative estimate of drug-likeness (QED) is 0.913. The van der Waals surface area contributed by atoms with E-state index in [0.29, 0.717) is 6.42 Å². The average molecular weight is 293 g/mol. The number of rotatable bonds is 4. The SMILES string of the molecule is CS(=O)(=O)CC(O)Cc1ccccc1Br. The molecule has 5 heteroatoms. The first kappa shape index (κ1) is 12.7. The Hall–Kier alpha value is -0.390. The molecule has 0 spiro atoms. The van der Waals surface area contributed by atoms with Crippen LogP contribution in [0.1, 0.15) is 5.56 Å². The van der Waals surface area contributed by atoms with Crippen LogP contribution in [0.2, 0.25) is 0 Å². The van der Waals surface area contributed by atoms with Crippen molar-refractivity contribution in [3.8, 4) is 0 Å². The molecular weight excluding hydrogens is 280 g/mol. The Morgan fingerprint density at radius 1 is 1.40 bits per heavy atom. The molecule has 0 aliphatic rings. The molecule has 0 fully saturated rings. The molecule has 0 aliphatic carbocycles. The van der Waals surface area contributed by atoms with Gasteiger partial charge in [-0.15, -0.1) is 0 Å². The third kappa shape index (κ3) is 4.77. The number of aliphatic hydroxyl groups excluding tert-OH is 1.